The predicted octanol–water partition coefficient (Wildman–Crippen LogP) is 3.59. The highest BCUT2D eigenvalue weighted by atomic mass is 16.5. The summed E-state index contributed by atoms with van der Waals surface area (Å²) >= 11 is 0. The SMILES string of the molecule is C=C1OC[C@@H](O)/C1=C\C[C@@H]1C(C)=CC[C@@H]2[C@@H](C)[C@H](O)CC[C@@]12C. The van der Waals surface area contributed by atoms with Crippen molar-refractivity contribution < 1.29 is 14.9 Å². The first kappa shape index (κ1) is 16.8. The fraction of sp³-hybridized carbons (Fsp3) is 0.700. The average molecular weight is 318 g/mol. The molecule has 3 aliphatic rings. The van der Waals surface area contributed by atoms with E-state index in [0.29, 0.717) is 30.1 Å². The van der Waals surface area contributed by atoms with E-state index in [9.17, 15) is 10.2 Å². The van der Waals surface area contributed by atoms with E-state index in [1.54, 1.807) is 0 Å². The molecule has 1 saturated heterocycles. The molecule has 23 heavy (non-hydrogen) atoms. The molecular formula is C20H30O3. The normalized spacial score (nSPS) is 45.6. The molecule has 3 heteroatoms. The number of aliphatic hydroxyl groups is 2. The van der Waals surface area contributed by atoms with Gasteiger partial charge in [-0.15, -0.1) is 0 Å². The third-order valence-corrected chi connectivity index (χ3v) is 6.78. The van der Waals surface area contributed by atoms with Gasteiger partial charge in [0.25, 0.3) is 0 Å². The Morgan fingerprint density at radius 2 is 2.17 bits per heavy atom. The average Bonchev–Trinajstić information content (AvgIpc) is 2.82. The minimum atomic E-state index is -0.536. The van der Waals surface area contributed by atoms with Crippen LogP contribution in [0.1, 0.15) is 46.5 Å². The Kier molecular flexibility index (Phi) is 4.45. The van der Waals surface area contributed by atoms with Crippen LogP contribution >= 0.6 is 0 Å². The molecule has 0 amide bonds. The second-order valence-electron chi connectivity index (χ2n) is 7.96. The van der Waals surface area contributed by atoms with E-state index in [2.05, 4.69) is 39.5 Å². The maximum atomic E-state index is 10.3. The fourth-order valence-electron chi connectivity index (χ4n) is 5.16. The van der Waals surface area contributed by atoms with Gasteiger partial charge < -0.3 is 14.9 Å². The van der Waals surface area contributed by atoms with Crippen LogP contribution in [0.5, 0.6) is 0 Å². The van der Waals surface area contributed by atoms with Crippen LogP contribution in [0.15, 0.2) is 35.6 Å². The van der Waals surface area contributed by atoms with Gasteiger partial charge in [-0.25, -0.2) is 0 Å². The molecule has 0 spiro atoms. The van der Waals surface area contributed by atoms with Crippen molar-refractivity contribution in [3.8, 4) is 0 Å². The van der Waals surface area contributed by atoms with Crippen molar-refractivity contribution in [1.29, 1.82) is 0 Å². The second-order valence-corrected chi connectivity index (χ2v) is 7.96. The summed E-state index contributed by atoms with van der Waals surface area (Å²) in [6.45, 7) is 11.1. The highest BCUT2D eigenvalue weighted by molar-refractivity contribution is 5.32. The van der Waals surface area contributed by atoms with E-state index in [1.807, 2.05) is 0 Å². The molecule has 128 valence electrons. The molecule has 0 radical (unpaired) electrons. The summed E-state index contributed by atoms with van der Waals surface area (Å²) in [5, 5.41) is 20.3. The lowest BCUT2D eigenvalue weighted by atomic mass is 9.52. The molecular weight excluding hydrogens is 288 g/mol. The lowest BCUT2D eigenvalue weighted by molar-refractivity contribution is -0.0589. The van der Waals surface area contributed by atoms with Crippen LogP contribution in [0.25, 0.3) is 0 Å². The first-order valence-corrected chi connectivity index (χ1v) is 8.89. The zero-order chi connectivity index (χ0) is 16.8. The Labute approximate surface area is 139 Å². The molecule has 0 unspecified atom stereocenters. The van der Waals surface area contributed by atoms with Gasteiger partial charge >= 0.3 is 0 Å². The predicted molar refractivity (Wildman–Crippen MR) is 91.7 cm³/mol. The Morgan fingerprint density at radius 1 is 1.43 bits per heavy atom. The number of ether oxygens (including phenoxy) is 1. The molecule has 3 rings (SSSR count). The van der Waals surface area contributed by atoms with Gasteiger partial charge in [0.2, 0.25) is 0 Å². The monoisotopic (exact) mass is 318 g/mol. The molecule has 2 fully saturated rings. The zero-order valence-electron chi connectivity index (χ0n) is 14.6. The quantitative estimate of drug-likeness (QED) is 0.765. The van der Waals surface area contributed by atoms with Gasteiger partial charge in [0.05, 0.1) is 6.10 Å². The van der Waals surface area contributed by atoms with Gasteiger partial charge in [0.15, 0.2) is 0 Å². The molecule has 0 aromatic heterocycles. The van der Waals surface area contributed by atoms with Gasteiger partial charge in [-0.05, 0) is 55.8 Å². The van der Waals surface area contributed by atoms with Crippen LogP contribution in [-0.2, 0) is 4.74 Å². The van der Waals surface area contributed by atoms with E-state index in [1.165, 1.54) is 5.57 Å². The Morgan fingerprint density at radius 3 is 2.83 bits per heavy atom. The van der Waals surface area contributed by atoms with Crippen LogP contribution in [0, 0.1) is 23.2 Å². The van der Waals surface area contributed by atoms with Crippen molar-refractivity contribution in [1.82, 2.24) is 0 Å². The smallest absolute Gasteiger partial charge is 0.118 e. The third-order valence-electron chi connectivity index (χ3n) is 6.78. The molecule has 1 heterocycles. The van der Waals surface area contributed by atoms with Crippen molar-refractivity contribution in [3.05, 3.63) is 35.6 Å². The molecule has 2 aliphatic carbocycles. The summed E-state index contributed by atoms with van der Waals surface area (Å²) in [7, 11) is 0. The van der Waals surface area contributed by atoms with E-state index in [0.717, 1.165) is 31.3 Å². The first-order chi connectivity index (χ1) is 10.8. The van der Waals surface area contributed by atoms with E-state index in [-0.39, 0.29) is 11.5 Å². The second kappa shape index (κ2) is 6.10. The van der Waals surface area contributed by atoms with E-state index in [4.69, 9.17) is 4.74 Å². The van der Waals surface area contributed by atoms with Crippen molar-refractivity contribution in [2.24, 2.45) is 23.2 Å². The largest absolute Gasteiger partial charge is 0.491 e. The molecule has 0 bridgehead atoms. The Bertz CT molecular complexity index is 547. The maximum absolute atomic E-state index is 10.3. The molecule has 2 N–H and O–H groups in total. The molecule has 1 aliphatic heterocycles. The minimum Gasteiger partial charge on any atom is -0.491 e. The lowest BCUT2D eigenvalue weighted by Gasteiger charge is -2.54. The lowest BCUT2D eigenvalue weighted by Crippen LogP contribution is -2.48. The van der Waals surface area contributed by atoms with Crippen molar-refractivity contribution >= 4 is 0 Å². The summed E-state index contributed by atoms with van der Waals surface area (Å²) < 4.78 is 5.35. The number of rotatable bonds is 2. The molecule has 0 aromatic rings. The summed E-state index contributed by atoms with van der Waals surface area (Å²) in [6.07, 6.45) is 7.75. The topological polar surface area (TPSA) is 49.7 Å². The van der Waals surface area contributed by atoms with Crippen molar-refractivity contribution in [3.63, 3.8) is 0 Å². The number of allylic oxidation sites excluding steroid dienone is 3. The fourth-order valence-corrected chi connectivity index (χ4v) is 5.16. The number of hydrogen-bond acceptors (Lipinski definition) is 3. The van der Waals surface area contributed by atoms with Crippen LogP contribution in [0.4, 0.5) is 0 Å². The number of fused-ring (bicyclic) bond motifs is 1. The van der Waals surface area contributed by atoms with Gasteiger partial charge in [0.1, 0.15) is 18.5 Å². The van der Waals surface area contributed by atoms with Crippen LogP contribution < -0.4 is 0 Å². The summed E-state index contributed by atoms with van der Waals surface area (Å²) in [6, 6.07) is 0. The highest BCUT2D eigenvalue weighted by Gasteiger charge is 2.49. The van der Waals surface area contributed by atoms with Crippen molar-refractivity contribution in [2.45, 2.75) is 58.7 Å². The highest BCUT2D eigenvalue weighted by Crippen LogP contribution is 2.56. The zero-order valence-corrected chi connectivity index (χ0v) is 14.6. The Balaban J connectivity index is 1.85. The summed E-state index contributed by atoms with van der Waals surface area (Å²) in [4.78, 5) is 0. The number of aliphatic hydroxyl groups excluding tert-OH is 2. The van der Waals surface area contributed by atoms with E-state index >= 15 is 0 Å². The maximum Gasteiger partial charge on any atom is 0.118 e. The van der Waals surface area contributed by atoms with E-state index < -0.39 is 6.10 Å². The first-order valence-electron chi connectivity index (χ1n) is 8.89. The van der Waals surface area contributed by atoms with Crippen molar-refractivity contribution in [2.75, 3.05) is 6.61 Å². The molecule has 6 atom stereocenters. The molecule has 1 saturated carbocycles. The van der Waals surface area contributed by atoms with Crippen LogP contribution in [-0.4, -0.2) is 29.0 Å². The molecule has 3 nitrogen and oxygen atoms in total. The summed E-state index contributed by atoms with van der Waals surface area (Å²) in [5.41, 5.74) is 2.52. The van der Waals surface area contributed by atoms with Gasteiger partial charge in [-0.3, -0.25) is 0 Å². The number of hydrogen-bond donors (Lipinski definition) is 2. The summed E-state index contributed by atoms with van der Waals surface area (Å²) in [5.74, 6) is 1.96. The van der Waals surface area contributed by atoms with Gasteiger partial charge in [-0.1, -0.05) is 38.2 Å². The van der Waals surface area contributed by atoms with Gasteiger partial charge in [-0.2, -0.15) is 0 Å². The van der Waals surface area contributed by atoms with Gasteiger partial charge in [0, 0.05) is 5.57 Å². The van der Waals surface area contributed by atoms with Crippen LogP contribution in [0.2, 0.25) is 0 Å². The standard InChI is InChI=1S/C20H30O3/c1-12-5-7-17-13(2)18(21)9-10-20(17,4)16(12)8-6-15-14(3)23-11-19(15)22/h5-6,13,16-19,21-22H,3,7-11H2,1-2,4H3/b15-6-/t13-,16-,17-,18-,19-,20+/m1/s1. The molecule has 0 aromatic carbocycles. The van der Waals surface area contributed by atoms with Crippen LogP contribution in [0.3, 0.4) is 0 Å². The third kappa shape index (κ3) is 2.78. The minimum absolute atomic E-state index is 0.163. The Hall–Kier alpha value is -1.06.